The molecule has 0 aromatic heterocycles. The molecule has 0 unspecified atom stereocenters. The second-order valence-corrected chi connectivity index (χ2v) is 7.69. The first kappa shape index (κ1) is 14.2. The van der Waals surface area contributed by atoms with Gasteiger partial charge in [-0.25, -0.2) is 4.39 Å². The lowest BCUT2D eigenvalue weighted by atomic mass is 9.35. The molecule has 22 heavy (non-hydrogen) atoms. The lowest BCUT2D eigenvalue weighted by Gasteiger charge is -2.69. The molecule has 0 radical (unpaired) electrons. The van der Waals surface area contributed by atoms with Crippen LogP contribution in [0, 0.1) is 16.6 Å². The largest absolute Gasteiger partial charge is 0.481 e. The van der Waals surface area contributed by atoms with Crippen LogP contribution in [-0.4, -0.2) is 35.1 Å². The van der Waals surface area contributed by atoms with Crippen molar-refractivity contribution in [2.24, 2.45) is 10.8 Å². The minimum absolute atomic E-state index is 0.185. The van der Waals surface area contributed by atoms with Gasteiger partial charge >= 0.3 is 5.97 Å². The first-order chi connectivity index (χ1) is 10.5. The summed E-state index contributed by atoms with van der Waals surface area (Å²) < 4.78 is 12.9. The standard InChI is InChI=1S/C18H22FNO2/c19-14-3-1-13(2-4-14)7-8-20(15-5-6-15)12-17-9-18(10-17,11-17)16(21)22/h1-4,15H,5-12H2,(H,21,22). The molecule has 0 heterocycles. The smallest absolute Gasteiger partial charge is 0.309 e. The summed E-state index contributed by atoms with van der Waals surface area (Å²) in [5.41, 5.74) is 1.09. The number of rotatable bonds is 7. The summed E-state index contributed by atoms with van der Waals surface area (Å²) in [6, 6.07) is 7.46. The fourth-order valence-corrected chi connectivity index (χ4v) is 4.58. The number of nitrogens with zero attached hydrogens (tertiary/aromatic N) is 1. The predicted octanol–water partition coefficient (Wildman–Crippen LogP) is 3.09. The van der Waals surface area contributed by atoms with Crippen molar-refractivity contribution < 1.29 is 14.3 Å². The van der Waals surface area contributed by atoms with E-state index in [1.54, 1.807) is 0 Å². The number of aliphatic carboxylic acids is 1. The van der Waals surface area contributed by atoms with Crippen LogP contribution in [0.4, 0.5) is 4.39 Å². The molecule has 0 atom stereocenters. The van der Waals surface area contributed by atoms with Gasteiger partial charge in [0.2, 0.25) is 0 Å². The van der Waals surface area contributed by atoms with E-state index in [0.717, 1.165) is 38.8 Å². The summed E-state index contributed by atoms with van der Waals surface area (Å²) in [5.74, 6) is -0.783. The summed E-state index contributed by atoms with van der Waals surface area (Å²) in [7, 11) is 0. The molecule has 1 aromatic rings. The Kier molecular flexibility index (Phi) is 3.09. The Bertz CT molecular complexity index is 574. The Morgan fingerprint density at radius 1 is 1.23 bits per heavy atom. The minimum atomic E-state index is -0.598. The molecule has 1 N–H and O–H groups in total. The average molecular weight is 303 g/mol. The normalized spacial score (nSPS) is 32.5. The molecule has 4 fully saturated rings. The van der Waals surface area contributed by atoms with E-state index < -0.39 is 5.97 Å². The second kappa shape index (κ2) is 4.79. The van der Waals surface area contributed by atoms with Gasteiger partial charge in [0, 0.05) is 19.1 Å². The molecule has 0 spiro atoms. The van der Waals surface area contributed by atoms with Gasteiger partial charge in [-0.3, -0.25) is 9.69 Å². The van der Waals surface area contributed by atoms with Crippen molar-refractivity contribution >= 4 is 5.97 Å². The summed E-state index contributed by atoms with van der Waals surface area (Å²) >= 11 is 0. The SMILES string of the molecule is O=C(O)C12CC(CN(CCc3ccc(F)cc3)C3CC3)(C1)C2. The highest BCUT2D eigenvalue weighted by molar-refractivity contribution is 5.79. The fourth-order valence-electron chi connectivity index (χ4n) is 4.58. The monoisotopic (exact) mass is 303 g/mol. The maximum absolute atomic E-state index is 12.9. The van der Waals surface area contributed by atoms with Crippen LogP contribution in [0.5, 0.6) is 0 Å². The van der Waals surface area contributed by atoms with E-state index in [-0.39, 0.29) is 16.6 Å². The summed E-state index contributed by atoms with van der Waals surface area (Å²) in [4.78, 5) is 13.8. The average Bonchev–Trinajstić information content (AvgIpc) is 3.21. The third-order valence-corrected chi connectivity index (χ3v) is 5.80. The van der Waals surface area contributed by atoms with Crippen LogP contribution < -0.4 is 0 Å². The number of hydrogen-bond donors (Lipinski definition) is 1. The second-order valence-electron chi connectivity index (χ2n) is 7.69. The van der Waals surface area contributed by atoms with Gasteiger partial charge in [-0.1, -0.05) is 12.1 Å². The van der Waals surface area contributed by atoms with Crippen molar-refractivity contribution in [1.29, 1.82) is 0 Å². The highest BCUT2D eigenvalue weighted by Gasteiger charge is 2.72. The van der Waals surface area contributed by atoms with Crippen LogP contribution in [0.3, 0.4) is 0 Å². The van der Waals surface area contributed by atoms with Crippen molar-refractivity contribution in [1.82, 2.24) is 4.90 Å². The molecule has 4 saturated carbocycles. The number of carboxylic acid groups (broad SMARTS) is 1. The number of carbonyl (C=O) groups is 1. The molecule has 0 saturated heterocycles. The van der Waals surface area contributed by atoms with Crippen molar-refractivity contribution in [3.05, 3.63) is 35.6 Å². The molecule has 4 heteroatoms. The Morgan fingerprint density at radius 2 is 1.86 bits per heavy atom. The highest BCUT2D eigenvalue weighted by Crippen LogP contribution is 2.73. The molecule has 3 nitrogen and oxygen atoms in total. The molecule has 0 aliphatic heterocycles. The number of carboxylic acids is 1. The van der Waals surface area contributed by atoms with E-state index in [4.69, 9.17) is 0 Å². The van der Waals surface area contributed by atoms with Crippen molar-refractivity contribution in [2.75, 3.05) is 13.1 Å². The van der Waals surface area contributed by atoms with E-state index >= 15 is 0 Å². The quantitative estimate of drug-likeness (QED) is 0.841. The van der Waals surface area contributed by atoms with Crippen molar-refractivity contribution in [3.63, 3.8) is 0 Å². The van der Waals surface area contributed by atoms with Crippen LogP contribution in [0.15, 0.2) is 24.3 Å². The molecule has 0 amide bonds. The Labute approximate surface area is 130 Å². The third-order valence-electron chi connectivity index (χ3n) is 5.80. The van der Waals surface area contributed by atoms with E-state index in [0.29, 0.717) is 6.04 Å². The Balaban J connectivity index is 1.33. The zero-order valence-corrected chi connectivity index (χ0v) is 12.7. The van der Waals surface area contributed by atoms with Gasteiger partial charge < -0.3 is 5.11 Å². The van der Waals surface area contributed by atoms with Gasteiger partial charge in [-0.2, -0.15) is 0 Å². The number of halogens is 1. The molecule has 118 valence electrons. The first-order valence-corrected chi connectivity index (χ1v) is 8.22. The lowest BCUT2D eigenvalue weighted by molar-refractivity contribution is -0.228. The maximum atomic E-state index is 12.9. The van der Waals surface area contributed by atoms with Gasteiger partial charge in [0.25, 0.3) is 0 Å². The van der Waals surface area contributed by atoms with Crippen LogP contribution in [0.1, 0.15) is 37.7 Å². The van der Waals surface area contributed by atoms with Crippen LogP contribution >= 0.6 is 0 Å². The molecule has 4 aliphatic carbocycles. The molecule has 4 aliphatic rings. The van der Waals surface area contributed by atoms with Crippen LogP contribution in [-0.2, 0) is 11.2 Å². The molecule has 5 rings (SSSR count). The summed E-state index contributed by atoms with van der Waals surface area (Å²) in [6.45, 7) is 2.05. The van der Waals surface area contributed by atoms with Crippen molar-refractivity contribution in [2.45, 2.75) is 44.6 Å². The van der Waals surface area contributed by atoms with E-state index in [1.807, 2.05) is 12.1 Å². The number of hydrogen-bond acceptors (Lipinski definition) is 2. The predicted molar refractivity (Wildman–Crippen MR) is 81.1 cm³/mol. The van der Waals surface area contributed by atoms with E-state index in [9.17, 15) is 14.3 Å². The van der Waals surface area contributed by atoms with Gasteiger partial charge in [0.1, 0.15) is 5.82 Å². The number of benzene rings is 1. The van der Waals surface area contributed by atoms with Crippen LogP contribution in [0.2, 0.25) is 0 Å². The molecular weight excluding hydrogens is 281 g/mol. The van der Waals surface area contributed by atoms with Gasteiger partial charge in [-0.15, -0.1) is 0 Å². The maximum Gasteiger partial charge on any atom is 0.309 e. The summed E-state index contributed by atoms with van der Waals surface area (Å²) in [6.07, 6.45) is 6.09. The lowest BCUT2D eigenvalue weighted by Crippen LogP contribution is -2.68. The van der Waals surface area contributed by atoms with E-state index in [2.05, 4.69) is 4.90 Å². The van der Waals surface area contributed by atoms with Gasteiger partial charge in [0.15, 0.2) is 0 Å². The van der Waals surface area contributed by atoms with Gasteiger partial charge in [-0.05, 0) is 61.6 Å². The zero-order chi connectivity index (χ0) is 15.4. The Hall–Kier alpha value is -1.42. The van der Waals surface area contributed by atoms with Crippen LogP contribution in [0.25, 0.3) is 0 Å². The van der Waals surface area contributed by atoms with Gasteiger partial charge in [0.05, 0.1) is 5.41 Å². The van der Waals surface area contributed by atoms with Crippen molar-refractivity contribution in [3.8, 4) is 0 Å². The Morgan fingerprint density at radius 3 is 2.41 bits per heavy atom. The molecule has 1 aromatic carbocycles. The third kappa shape index (κ3) is 2.34. The molecule has 2 bridgehead atoms. The molecular formula is C18H22FNO2. The summed E-state index contributed by atoms with van der Waals surface area (Å²) in [5, 5.41) is 9.23. The topological polar surface area (TPSA) is 40.5 Å². The zero-order valence-electron chi connectivity index (χ0n) is 12.7. The minimum Gasteiger partial charge on any atom is -0.481 e. The highest BCUT2D eigenvalue weighted by atomic mass is 19.1. The first-order valence-electron chi connectivity index (χ1n) is 8.22. The fraction of sp³-hybridized carbons (Fsp3) is 0.611. The van der Waals surface area contributed by atoms with E-state index in [1.165, 1.54) is 30.5 Å².